The van der Waals surface area contributed by atoms with Gasteiger partial charge in [-0.3, -0.25) is 9.59 Å². The summed E-state index contributed by atoms with van der Waals surface area (Å²) in [6, 6.07) is 12.4. The smallest absolute Gasteiger partial charge is 0.258 e. The Morgan fingerprint density at radius 2 is 1.83 bits per heavy atom. The van der Waals surface area contributed by atoms with Crippen LogP contribution in [0.5, 0.6) is 0 Å². The van der Waals surface area contributed by atoms with Crippen LogP contribution in [-0.4, -0.2) is 10.5 Å². The summed E-state index contributed by atoms with van der Waals surface area (Å²) < 4.78 is 1.42. The molecular formula is C18H15ClN2O2. The van der Waals surface area contributed by atoms with Gasteiger partial charge in [-0.15, -0.1) is 0 Å². The molecule has 116 valence electrons. The number of anilines is 1. The number of amides is 1. The van der Waals surface area contributed by atoms with Crippen molar-refractivity contribution < 1.29 is 4.79 Å². The highest BCUT2D eigenvalue weighted by atomic mass is 35.5. The van der Waals surface area contributed by atoms with E-state index in [1.807, 2.05) is 13.0 Å². The number of pyridine rings is 1. The van der Waals surface area contributed by atoms with E-state index in [0.717, 1.165) is 5.56 Å². The quantitative estimate of drug-likeness (QED) is 0.779. The second-order valence-corrected chi connectivity index (χ2v) is 5.85. The summed E-state index contributed by atoms with van der Waals surface area (Å²) >= 11 is 5.94. The molecule has 1 heterocycles. The van der Waals surface area contributed by atoms with Crippen molar-refractivity contribution in [3.63, 3.8) is 0 Å². The number of aromatic nitrogens is 1. The highest BCUT2D eigenvalue weighted by Gasteiger charge is 2.14. The Kier molecular flexibility index (Phi) is 3.92. The maximum absolute atomic E-state index is 12.7. The van der Waals surface area contributed by atoms with E-state index < -0.39 is 0 Å². The molecule has 3 rings (SSSR count). The number of aryl methyl sites for hydroxylation is 2. The van der Waals surface area contributed by atoms with Crippen molar-refractivity contribution in [2.45, 2.75) is 6.92 Å². The Balaban J connectivity index is 2.08. The monoisotopic (exact) mass is 326 g/mol. The third-order valence-corrected chi connectivity index (χ3v) is 4.01. The SMILES string of the molecule is Cc1cc(Cl)ccc1NC(=O)c1cn(C)c(=O)c2ccccc12. The molecule has 0 fully saturated rings. The molecule has 4 nitrogen and oxygen atoms in total. The van der Waals surface area contributed by atoms with Gasteiger partial charge in [0.25, 0.3) is 11.5 Å². The zero-order chi connectivity index (χ0) is 16.6. The second-order valence-electron chi connectivity index (χ2n) is 5.42. The summed E-state index contributed by atoms with van der Waals surface area (Å²) in [5, 5.41) is 4.66. The van der Waals surface area contributed by atoms with E-state index in [-0.39, 0.29) is 11.5 Å². The van der Waals surface area contributed by atoms with Crippen LogP contribution >= 0.6 is 11.6 Å². The maximum atomic E-state index is 12.7. The van der Waals surface area contributed by atoms with Crippen molar-refractivity contribution in [2.75, 3.05) is 5.32 Å². The van der Waals surface area contributed by atoms with E-state index in [0.29, 0.717) is 27.0 Å². The highest BCUT2D eigenvalue weighted by molar-refractivity contribution is 6.30. The molecule has 0 atom stereocenters. The number of rotatable bonds is 2. The number of carbonyl (C=O) groups is 1. The first kappa shape index (κ1) is 15.3. The molecule has 0 saturated heterocycles. The number of nitrogens with zero attached hydrogens (tertiary/aromatic N) is 1. The molecule has 1 amide bonds. The lowest BCUT2D eigenvalue weighted by Crippen LogP contribution is -2.21. The van der Waals surface area contributed by atoms with Gasteiger partial charge in [-0.25, -0.2) is 0 Å². The molecule has 23 heavy (non-hydrogen) atoms. The zero-order valence-electron chi connectivity index (χ0n) is 12.8. The number of hydrogen-bond donors (Lipinski definition) is 1. The number of carbonyl (C=O) groups excluding carboxylic acids is 1. The van der Waals surface area contributed by atoms with Crippen LogP contribution < -0.4 is 10.9 Å². The normalized spacial score (nSPS) is 10.7. The van der Waals surface area contributed by atoms with Gasteiger partial charge < -0.3 is 9.88 Å². The van der Waals surface area contributed by atoms with Crippen LogP contribution in [0.2, 0.25) is 5.02 Å². The largest absolute Gasteiger partial charge is 0.322 e. The third-order valence-electron chi connectivity index (χ3n) is 3.77. The van der Waals surface area contributed by atoms with Gasteiger partial charge in [0.15, 0.2) is 0 Å². The molecule has 1 N–H and O–H groups in total. The van der Waals surface area contributed by atoms with E-state index in [9.17, 15) is 9.59 Å². The van der Waals surface area contributed by atoms with Crippen LogP contribution in [0.25, 0.3) is 10.8 Å². The minimum absolute atomic E-state index is 0.125. The van der Waals surface area contributed by atoms with Crippen LogP contribution in [0.1, 0.15) is 15.9 Å². The van der Waals surface area contributed by atoms with E-state index in [1.165, 1.54) is 4.57 Å². The van der Waals surface area contributed by atoms with Gasteiger partial charge in [0.05, 0.1) is 5.56 Å². The Labute approximate surface area is 138 Å². The molecule has 3 aromatic rings. The molecule has 0 aliphatic rings. The van der Waals surface area contributed by atoms with Gasteiger partial charge in [0.1, 0.15) is 0 Å². The van der Waals surface area contributed by atoms with Crippen LogP contribution in [0.4, 0.5) is 5.69 Å². The van der Waals surface area contributed by atoms with Crippen molar-refractivity contribution in [1.82, 2.24) is 4.57 Å². The maximum Gasteiger partial charge on any atom is 0.258 e. The van der Waals surface area contributed by atoms with Gasteiger partial charge in [-0.05, 0) is 36.8 Å². The lowest BCUT2D eigenvalue weighted by Gasteiger charge is -2.12. The lowest BCUT2D eigenvalue weighted by molar-refractivity contribution is 0.102. The molecule has 0 unspecified atom stereocenters. The molecule has 5 heteroatoms. The number of nitrogens with one attached hydrogen (secondary N) is 1. The highest BCUT2D eigenvalue weighted by Crippen LogP contribution is 2.22. The van der Waals surface area contributed by atoms with E-state index in [4.69, 9.17) is 11.6 Å². The van der Waals surface area contributed by atoms with E-state index in [2.05, 4.69) is 5.32 Å². The summed E-state index contributed by atoms with van der Waals surface area (Å²) in [4.78, 5) is 24.8. The number of fused-ring (bicyclic) bond motifs is 1. The first-order valence-electron chi connectivity index (χ1n) is 7.13. The lowest BCUT2D eigenvalue weighted by atomic mass is 10.1. The molecular weight excluding hydrogens is 312 g/mol. The van der Waals surface area contributed by atoms with Crippen molar-refractivity contribution in [2.24, 2.45) is 7.05 Å². The Hall–Kier alpha value is -2.59. The molecule has 0 spiro atoms. The summed E-state index contributed by atoms with van der Waals surface area (Å²) in [6.07, 6.45) is 1.56. The molecule has 0 saturated carbocycles. The van der Waals surface area contributed by atoms with E-state index in [1.54, 1.807) is 49.6 Å². The Morgan fingerprint density at radius 1 is 1.13 bits per heavy atom. The first-order chi connectivity index (χ1) is 11.0. The van der Waals surface area contributed by atoms with E-state index >= 15 is 0 Å². The van der Waals surface area contributed by atoms with Gasteiger partial charge in [0.2, 0.25) is 0 Å². The predicted molar refractivity (Wildman–Crippen MR) is 93.3 cm³/mol. The zero-order valence-corrected chi connectivity index (χ0v) is 13.5. The van der Waals surface area contributed by atoms with Crippen LogP contribution in [0.3, 0.4) is 0 Å². The van der Waals surface area contributed by atoms with Crippen LogP contribution in [0.15, 0.2) is 53.5 Å². The molecule has 0 bridgehead atoms. The fourth-order valence-corrected chi connectivity index (χ4v) is 2.78. The summed E-state index contributed by atoms with van der Waals surface area (Å²) in [5.41, 5.74) is 1.90. The molecule has 2 aromatic carbocycles. The van der Waals surface area contributed by atoms with Gasteiger partial charge in [-0.1, -0.05) is 29.8 Å². The van der Waals surface area contributed by atoms with Crippen LogP contribution in [-0.2, 0) is 7.05 Å². The molecule has 0 aliphatic carbocycles. The second kappa shape index (κ2) is 5.89. The minimum Gasteiger partial charge on any atom is -0.322 e. The molecule has 0 aliphatic heterocycles. The van der Waals surface area contributed by atoms with Gasteiger partial charge in [0, 0.05) is 34.7 Å². The van der Waals surface area contributed by atoms with Crippen molar-refractivity contribution in [3.8, 4) is 0 Å². The average molecular weight is 327 g/mol. The number of hydrogen-bond acceptors (Lipinski definition) is 2. The minimum atomic E-state index is -0.262. The molecule has 1 aromatic heterocycles. The van der Waals surface area contributed by atoms with Crippen LogP contribution in [0, 0.1) is 6.92 Å². The van der Waals surface area contributed by atoms with Crippen molar-refractivity contribution >= 4 is 34.0 Å². The number of benzene rings is 2. The predicted octanol–water partition coefficient (Wildman–Crippen LogP) is 3.75. The first-order valence-corrected chi connectivity index (χ1v) is 7.51. The Bertz CT molecular complexity index is 976. The molecule has 0 radical (unpaired) electrons. The van der Waals surface area contributed by atoms with Crippen molar-refractivity contribution in [1.29, 1.82) is 0 Å². The van der Waals surface area contributed by atoms with Crippen molar-refractivity contribution in [3.05, 3.63) is 75.2 Å². The fourth-order valence-electron chi connectivity index (χ4n) is 2.55. The average Bonchev–Trinajstić information content (AvgIpc) is 2.53. The Morgan fingerprint density at radius 3 is 2.52 bits per heavy atom. The fraction of sp³-hybridized carbons (Fsp3) is 0.111. The summed E-state index contributed by atoms with van der Waals surface area (Å²) in [7, 11) is 1.64. The third kappa shape index (κ3) is 2.85. The standard InChI is InChI=1S/C18H15ClN2O2/c1-11-9-12(19)7-8-16(11)20-17(22)15-10-21(2)18(23)14-6-4-3-5-13(14)15/h3-10H,1-2H3,(H,20,22). The summed E-state index contributed by atoms with van der Waals surface area (Å²) in [5.74, 6) is -0.262. The summed E-state index contributed by atoms with van der Waals surface area (Å²) in [6.45, 7) is 1.88. The van der Waals surface area contributed by atoms with Gasteiger partial charge >= 0.3 is 0 Å². The number of halogens is 1. The topological polar surface area (TPSA) is 51.1 Å². The van der Waals surface area contributed by atoms with Gasteiger partial charge in [-0.2, -0.15) is 0 Å².